The molecule has 0 bridgehead atoms. The molecule has 0 saturated carbocycles. The Morgan fingerprint density at radius 3 is 2.59 bits per heavy atom. The Kier molecular flexibility index (Phi) is 5.98. The van der Waals surface area contributed by atoms with Crippen LogP contribution < -0.4 is 19.9 Å². The third-order valence-corrected chi connectivity index (χ3v) is 6.34. The molecule has 0 atom stereocenters. The number of benzene rings is 2. The molecule has 0 radical (unpaired) electrons. The van der Waals surface area contributed by atoms with Gasteiger partial charge >= 0.3 is 0 Å². The Labute approximate surface area is 184 Å². The fourth-order valence-electron chi connectivity index (χ4n) is 3.29. The van der Waals surface area contributed by atoms with E-state index in [1.54, 1.807) is 6.07 Å². The summed E-state index contributed by atoms with van der Waals surface area (Å²) in [6.07, 6.45) is 0.712. The van der Waals surface area contributed by atoms with Crippen LogP contribution in [0.4, 0.5) is 10.2 Å². The Hall–Kier alpha value is -3.62. The number of fused-ring (bicyclic) bond motifs is 1. The third-order valence-electron chi connectivity index (χ3n) is 4.88. The van der Waals surface area contributed by atoms with Crippen molar-refractivity contribution in [1.82, 2.24) is 14.5 Å². The second-order valence-corrected chi connectivity index (χ2v) is 8.78. The van der Waals surface area contributed by atoms with Crippen LogP contribution in [0.5, 0.6) is 11.5 Å². The highest BCUT2D eigenvalue weighted by atomic mass is 32.2. The van der Waals surface area contributed by atoms with Crippen LogP contribution in [0.15, 0.2) is 47.4 Å². The molecule has 2 aromatic carbocycles. The van der Waals surface area contributed by atoms with E-state index in [2.05, 4.69) is 9.82 Å². The molecule has 9 nitrogen and oxygen atoms in total. The molecular formula is C21H20FN5O4S. The van der Waals surface area contributed by atoms with Gasteiger partial charge in [0.15, 0.2) is 11.5 Å². The number of nitrogen functional groups attached to an aromatic ring is 1. The van der Waals surface area contributed by atoms with Gasteiger partial charge in [-0.3, -0.25) is 0 Å². The zero-order valence-electron chi connectivity index (χ0n) is 16.9. The zero-order chi connectivity index (χ0) is 22.7. The van der Waals surface area contributed by atoms with Gasteiger partial charge in [-0.05, 0) is 49.2 Å². The minimum absolute atomic E-state index is 0.0734. The molecule has 0 spiro atoms. The van der Waals surface area contributed by atoms with E-state index >= 15 is 0 Å². The molecule has 1 aliphatic rings. The maximum Gasteiger partial charge on any atom is 0.240 e. The van der Waals surface area contributed by atoms with Crippen LogP contribution in [0.3, 0.4) is 0 Å². The van der Waals surface area contributed by atoms with Crippen LogP contribution in [0.25, 0.3) is 5.69 Å². The number of hydrogen-bond donors (Lipinski definition) is 2. The van der Waals surface area contributed by atoms with Crippen LogP contribution in [-0.2, 0) is 16.4 Å². The summed E-state index contributed by atoms with van der Waals surface area (Å²) in [5.74, 6) is 0.643. The zero-order valence-corrected chi connectivity index (χ0v) is 17.7. The summed E-state index contributed by atoms with van der Waals surface area (Å²) in [5.41, 5.74) is 7.21. The summed E-state index contributed by atoms with van der Waals surface area (Å²) >= 11 is 0. The lowest BCUT2D eigenvalue weighted by Crippen LogP contribution is -2.25. The van der Waals surface area contributed by atoms with Crippen molar-refractivity contribution in [2.75, 3.05) is 25.5 Å². The van der Waals surface area contributed by atoms with E-state index in [1.807, 2.05) is 6.07 Å². The number of nitrogens with zero attached hydrogens (tertiary/aromatic N) is 3. The van der Waals surface area contributed by atoms with Gasteiger partial charge in [-0.2, -0.15) is 10.4 Å². The molecule has 1 aliphatic heterocycles. The first-order valence-electron chi connectivity index (χ1n) is 9.82. The fraction of sp³-hybridized carbons (Fsp3) is 0.238. The number of aromatic nitrogens is 2. The molecule has 32 heavy (non-hydrogen) atoms. The first-order chi connectivity index (χ1) is 15.4. The predicted molar refractivity (Wildman–Crippen MR) is 114 cm³/mol. The Bertz CT molecular complexity index is 1280. The molecular weight excluding hydrogens is 437 g/mol. The minimum Gasteiger partial charge on any atom is -0.486 e. The Morgan fingerprint density at radius 1 is 1.16 bits per heavy atom. The van der Waals surface area contributed by atoms with Crippen molar-refractivity contribution in [3.63, 3.8) is 0 Å². The van der Waals surface area contributed by atoms with Crippen LogP contribution in [-0.4, -0.2) is 38.0 Å². The third kappa shape index (κ3) is 4.37. The smallest absolute Gasteiger partial charge is 0.240 e. The lowest BCUT2D eigenvalue weighted by Gasteiger charge is -2.18. The van der Waals surface area contributed by atoms with E-state index in [1.165, 1.54) is 41.1 Å². The van der Waals surface area contributed by atoms with Crippen molar-refractivity contribution in [2.45, 2.75) is 17.7 Å². The highest BCUT2D eigenvalue weighted by molar-refractivity contribution is 7.89. The molecule has 0 saturated heterocycles. The standard InChI is InChI=1S/C21H20FN5O4S/c22-14-3-5-15(6-4-14)27-21(24)17(13-23)18(26-27)2-1-9-25-32(28,29)16-7-8-19-20(12-16)31-11-10-30-19/h3-8,12,25H,1-2,9-11,24H2. The normalized spacial score (nSPS) is 13.0. The molecule has 0 unspecified atom stereocenters. The molecule has 0 amide bonds. The molecule has 2 heterocycles. The van der Waals surface area contributed by atoms with E-state index in [0.717, 1.165) is 0 Å². The monoisotopic (exact) mass is 457 g/mol. The number of aryl methyl sites for hydroxylation is 1. The summed E-state index contributed by atoms with van der Waals surface area (Å²) in [7, 11) is -3.75. The average Bonchev–Trinajstić information content (AvgIpc) is 3.12. The molecule has 0 aliphatic carbocycles. The van der Waals surface area contributed by atoms with Crippen molar-refractivity contribution >= 4 is 15.8 Å². The van der Waals surface area contributed by atoms with E-state index in [9.17, 15) is 18.1 Å². The average molecular weight is 457 g/mol. The number of rotatable bonds is 7. The molecule has 3 aromatic rings. The van der Waals surface area contributed by atoms with E-state index in [-0.39, 0.29) is 22.8 Å². The maximum absolute atomic E-state index is 13.2. The van der Waals surface area contributed by atoms with Gasteiger partial charge in [-0.15, -0.1) is 0 Å². The number of nitriles is 1. The summed E-state index contributed by atoms with van der Waals surface area (Å²) in [6, 6.07) is 12.0. The quantitative estimate of drug-likeness (QED) is 0.520. The Morgan fingerprint density at radius 2 is 1.88 bits per heavy atom. The fourth-order valence-corrected chi connectivity index (χ4v) is 4.38. The van der Waals surface area contributed by atoms with Gasteiger partial charge in [0.05, 0.1) is 16.3 Å². The number of sulfonamides is 1. The van der Waals surface area contributed by atoms with Crippen LogP contribution in [0.2, 0.25) is 0 Å². The summed E-state index contributed by atoms with van der Waals surface area (Å²) < 4.78 is 53.1. The van der Waals surface area contributed by atoms with Gasteiger partial charge in [0, 0.05) is 12.6 Å². The summed E-state index contributed by atoms with van der Waals surface area (Å²) in [4.78, 5) is 0.0734. The van der Waals surface area contributed by atoms with Gasteiger partial charge < -0.3 is 15.2 Å². The van der Waals surface area contributed by atoms with Crippen LogP contribution in [0.1, 0.15) is 17.7 Å². The van der Waals surface area contributed by atoms with Crippen LogP contribution in [0, 0.1) is 17.1 Å². The minimum atomic E-state index is -3.75. The second kappa shape index (κ2) is 8.86. The number of anilines is 1. The lowest BCUT2D eigenvalue weighted by atomic mass is 10.1. The van der Waals surface area contributed by atoms with Crippen molar-refractivity contribution in [3.8, 4) is 23.3 Å². The molecule has 4 rings (SSSR count). The summed E-state index contributed by atoms with van der Waals surface area (Å²) in [5, 5.41) is 13.8. The van der Waals surface area contributed by atoms with Crippen molar-refractivity contribution in [3.05, 3.63) is 59.5 Å². The highest BCUT2D eigenvalue weighted by Crippen LogP contribution is 2.32. The van der Waals surface area contributed by atoms with Crippen LogP contribution >= 0.6 is 0 Å². The molecule has 11 heteroatoms. The number of ether oxygens (including phenoxy) is 2. The Balaban J connectivity index is 1.42. The van der Waals surface area contributed by atoms with E-state index in [0.29, 0.717) is 48.9 Å². The first kappa shape index (κ1) is 21.6. The lowest BCUT2D eigenvalue weighted by molar-refractivity contribution is 0.171. The highest BCUT2D eigenvalue weighted by Gasteiger charge is 2.20. The second-order valence-electron chi connectivity index (χ2n) is 7.01. The number of hydrogen-bond acceptors (Lipinski definition) is 7. The van der Waals surface area contributed by atoms with Gasteiger partial charge in [0.1, 0.15) is 36.5 Å². The molecule has 3 N–H and O–H groups in total. The van der Waals surface area contributed by atoms with E-state index in [4.69, 9.17) is 15.2 Å². The topological polar surface area (TPSA) is 132 Å². The maximum atomic E-state index is 13.2. The number of nitrogens with two attached hydrogens (primary N) is 1. The van der Waals surface area contributed by atoms with Gasteiger partial charge in [-0.1, -0.05) is 0 Å². The number of halogens is 1. The van der Waals surface area contributed by atoms with Gasteiger partial charge in [0.25, 0.3) is 0 Å². The molecule has 1 aromatic heterocycles. The number of nitrogens with one attached hydrogen (secondary N) is 1. The predicted octanol–water partition coefficient (Wildman–Crippen LogP) is 2.15. The summed E-state index contributed by atoms with van der Waals surface area (Å²) in [6.45, 7) is 0.910. The van der Waals surface area contributed by atoms with Gasteiger partial charge in [-0.25, -0.2) is 22.2 Å². The van der Waals surface area contributed by atoms with Crippen molar-refractivity contribution in [1.29, 1.82) is 5.26 Å². The largest absolute Gasteiger partial charge is 0.486 e. The van der Waals surface area contributed by atoms with Gasteiger partial charge in [0.2, 0.25) is 10.0 Å². The molecule has 166 valence electrons. The van der Waals surface area contributed by atoms with Crippen molar-refractivity contribution in [2.24, 2.45) is 0 Å². The first-order valence-corrected chi connectivity index (χ1v) is 11.3. The molecule has 0 fully saturated rings. The SMILES string of the molecule is N#Cc1c(CCCNS(=O)(=O)c2ccc3c(c2)OCCO3)nn(-c2ccc(F)cc2)c1N. The van der Waals surface area contributed by atoms with E-state index < -0.39 is 15.8 Å². The van der Waals surface area contributed by atoms with Crippen molar-refractivity contribution < 1.29 is 22.3 Å².